The van der Waals surface area contributed by atoms with E-state index < -0.39 is 41.8 Å². The van der Waals surface area contributed by atoms with Crippen molar-refractivity contribution in [2.75, 3.05) is 5.32 Å². The Morgan fingerprint density at radius 3 is 2.39 bits per heavy atom. The first-order valence-electron chi connectivity index (χ1n) is 8.73. The van der Waals surface area contributed by atoms with Crippen molar-refractivity contribution in [1.82, 2.24) is 0 Å². The first-order chi connectivity index (χ1) is 13.4. The molecular formula is C19H17ClN2O5S. The van der Waals surface area contributed by atoms with Gasteiger partial charge in [-0.25, -0.2) is 0 Å². The second-order valence-corrected chi connectivity index (χ2v) is 8.21. The van der Waals surface area contributed by atoms with E-state index in [4.69, 9.17) is 22.1 Å². The van der Waals surface area contributed by atoms with E-state index in [-0.39, 0.29) is 5.56 Å². The van der Waals surface area contributed by atoms with Crippen molar-refractivity contribution in [3.05, 3.63) is 40.2 Å². The molecule has 2 amide bonds. The van der Waals surface area contributed by atoms with E-state index in [2.05, 4.69) is 5.32 Å². The second kappa shape index (κ2) is 7.20. The maximum atomic E-state index is 12.9. The molecule has 2 saturated heterocycles. The smallest absolute Gasteiger partial charge is 0.310 e. The summed E-state index contributed by atoms with van der Waals surface area (Å²) in [5.74, 6) is -3.87. The van der Waals surface area contributed by atoms with Crippen LogP contribution in [-0.2, 0) is 14.3 Å². The Morgan fingerprint density at radius 2 is 1.79 bits per heavy atom. The molecular weight excluding hydrogens is 404 g/mol. The summed E-state index contributed by atoms with van der Waals surface area (Å²) in [5, 5.41) is 14.8. The number of carbonyl (C=O) groups excluding carboxylic acids is 2. The van der Waals surface area contributed by atoms with Crippen LogP contribution in [0.25, 0.3) is 11.1 Å². The number of ether oxygens (including phenoxy) is 1. The number of fused-ring (bicyclic) bond motifs is 2. The number of carboxylic acids is 1. The molecule has 0 saturated carbocycles. The van der Waals surface area contributed by atoms with E-state index in [0.29, 0.717) is 28.4 Å². The number of carboxylic acid groups (broad SMARTS) is 1. The number of nitrogens with one attached hydrogen (secondary N) is 1. The van der Waals surface area contributed by atoms with Crippen LogP contribution in [0.4, 0.5) is 5.00 Å². The molecule has 2 fully saturated rings. The fourth-order valence-corrected chi connectivity index (χ4v) is 5.16. The molecule has 2 aromatic rings. The number of hydrogen-bond acceptors (Lipinski definition) is 5. The molecule has 1 aromatic carbocycles. The number of rotatable bonds is 5. The molecule has 1 aromatic heterocycles. The lowest BCUT2D eigenvalue weighted by Crippen LogP contribution is -2.41. The molecule has 9 heteroatoms. The highest BCUT2D eigenvalue weighted by Gasteiger charge is 2.55. The van der Waals surface area contributed by atoms with Gasteiger partial charge in [0.15, 0.2) is 0 Å². The predicted molar refractivity (Wildman–Crippen MR) is 104 cm³/mol. The molecule has 28 heavy (non-hydrogen) atoms. The van der Waals surface area contributed by atoms with Gasteiger partial charge >= 0.3 is 5.97 Å². The summed E-state index contributed by atoms with van der Waals surface area (Å²) >= 11 is 7.08. The van der Waals surface area contributed by atoms with Crippen molar-refractivity contribution in [1.29, 1.82) is 0 Å². The topological polar surface area (TPSA) is 119 Å². The average Bonchev–Trinajstić information content (AvgIpc) is 3.35. The number of hydrogen-bond donors (Lipinski definition) is 3. The van der Waals surface area contributed by atoms with Crippen LogP contribution in [-0.4, -0.2) is 35.1 Å². The second-order valence-electron chi connectivity index (χ2n) is 6.89. The fraction of sp³-hybridized carbons (Fsp3) is 0.316. The Bertz CT molecular complexity index is 958. The third kappa shape index (κ3) is 3.17. The highest BCUT2D eigenvalue weighted by molar-refractivity contribution is 7.15. The van der Waals surface area contributed by atoms with Crippen molar-refractivity contribution >= 4 is 45.7 Å². The lowest BCUT2D eigenvalue weighted by atomic mass is 9.78. The van der Waals surface area contributed by atoms with Gasteiger partial charge in [0.1, 0.15) is 5.00 Å². The zero-order chi connectivity index (χ0) is 20.0. The summed E-state index contributed by atoms with van der Waals surface area (Å²) in [6.07, 6.45) is 0.425. The third-order valence-corrected chi connectivity index (χ3v) is 6.44. The first-order valence-corrected chi connectivity index (χ1v) is 9.99. The predicted octanol–water partition coefficient (Wildman–Crippen LogP) is 2.98. The number of amides is 2. The standard InChI is InChI=1S/C19H17ClN2O5S/c20-9-3-1-8(2-4-9)10-7-28-18(13(10)16(21)23)22-17(24)14-11-5-6-12(27-11)15(14)19(25)26/h1-4,7,11-12,14-15H,5-6H2,(H2,21,23)(H,22,24)(H,25,26)/t11-,12+,14+,15+/m1/s1. The SMILES string of the molecule is NC(=O)c1c(-c2ccc(Cl)cc2)csc1NC(=O)[C@@H]1[C@@H](C(=O)O)[C@@H]2CC[C@H]1O2. The van der Waals surface area contributed by atoms with E-state index in [1.807, 2.05) is 0 Å². The maximum Gasteiger partial charge on any atom is 0.310 e. The lowest BCUT2D eigenvalue weighted by Gasteiger charge is -2.23. The zero-order valence-corrected chi connectivity index (χ0v) is 16.1. The minimum atomic E-state index is -1.05. The van der Waals surface area contributed by atoms with Crippen molar-refractivity contribution in [2.45, 2.75) is 25.0 Å². The maximum absolute atomic E-state index is 12.9. The van der Waals surface area contributed by atoms with Gasteiger partial charge in [0.2, 0.25) is 5.91 Å². The van der Waals surface area contributed by atoms with Crippen LogP contribution in [0.1, 0.15) is 23.2 Å². The third-order valence-electron chi connectivity index (χ3n) is 5.29. The number of halogens is 1. The van der Waals surface area contributed by atoms with Crippen LogP contribution in [0, 0.1) is 11.8 Å². The van der Waals surface area contributed by atoms with Gasteiger partial charge in [0, 0.05) is 16.0 Å². The van der Waals surface area contributed by atoms with E-state index in [9.17, 15) is 19.5 Å². The Balaban J connectivity index is 1.63. The molecule has 4 atom stereocenters. The summed E-state index contributed by atoms with van der Waals surface area (Å²) in [5.41, 5.74) is 7.08. The van der Waals surface area contributed by atoms with Gasteiger partial charge in [0.05, 0.1) is 29.6 Å². The van der Waals surface area contributed by atoms with Gasteiger partial charge in [0.25, 0.3) is 5.91 Å². The molecule has 146 valence electrons. The number of carbonyl (C=O) groups is 3. The Morgan fingerprint density at radius 1 is 1.14 bits per heavy atom. The Kier molecular flexibility index (Phi) is 4.86. The Hall–Kier alpha value is -2.42. The van der Waals surface area contributed by atoms with Gasteiger partial charge in [-0.1, -0.05) is 23.7 Å². The van der Waals surface area contributed by atoms with Gasteiger partial charge in [-0.05, 0) is 30.5 Å². The summed E-state index contributed by atoms with van der Waals surface area (Å²) in [6, 6.07) is 6.91. The summed E-state index contributed by atoms with van der Waals surface area (Å²) in [6.45, 7) is 0. The van der Waals surface area contributed by atoms with Crippen LogP contribution in [0.5, 0.6) is 0 Å². The molecule has 2 bridgehead atoms. The Labute approximate surface area is 169 Å². The number of thiophene rings is 1. The summed E-state index contributed by atoms with van der Waals surface area (Å²) in [4.78, 5) is 36.6. The van der Waals surface area contributed by atoms with Gasteiger partial charge in [-0.2, -0.15) is 0 Å². The van der Waals surface area contributed by atoms with Gasteiger partial charge < -0.3 is 20.9 Å². The van der Waals surface area contributed by atoms with Crippen LogP contribution >= 0.6 is 22.9 Å². The van der Waals surface area contributed by atoms with Gasteiger partial charge in [-0.15, -0.1) is 11.3 Å². The minimum Gasteiger partial charge on any atom is -0.481 e. The van der Waals surface area contributed by atoms with Crippen LogP contribution in [0.3, 0.4) is 0 Å². The number of nitrogens with two attached hydrogens (primary N) is 1. The largest absolute Gasteiger partial charge is 0.481 e. The number of anilines is 1. The zero-order valence-electron chi connectivity index (χ0n) is 14.6. The van der Waals surface area contributed by atoms with E-state index in [1.165, 1.54) is 11.3 Å². The highest BCUT2D eigenvalue weighted by atomic mass is 35.5. The molecule has 4 rings (SSSR count). The number of primary amides is 1. The van der Waals surface area contributed by atoms with Gasteiger partial charge in [-0.3, -0.25) is 14.4 Å². The minimum absolute atomic E-state index is 0.191. The summed E-state index contributed by atoms with van der Waals surface area (Å²) in [7, 11) is 0. The lowest BCUT2D eigenvalue weighted by molar-refractivity contribution is -0.147. The first kappa shape index (κ1) is 18.9. The molecule has 3 heterocycles. The average molecular weight is 421 g/mol. The summed E-state index contributed by atoms with van der Waals surface area (Å²) < 4.78 is 5.64. The van der Waals surface area contributed by atoms with Crippen molar-refractivity contribution in [3.8, 4) is 11.1 Å². The van der Waals surface area contributed by atoms with Crippen molar-refractivity contribution in [3.63, 3.8) is 0 Å². The van der Waals surface area contributed by atoms with Crippen LogP contribution in [0.2, 0.25) is 5.02 Å². The molecule has 4 N–H and O–H groups in total. The van der Waals surface area contributed by atoms with E-state index >= 15 is 0 Å². The molecule has 0 radical (unpaired) electrons. The van der Waals surface area contributed by atoms with Crippen LogP contribution in [0.15, 0.2) is 29.6 Å². The van der Waals surface area contributed by atoms with Crippen molar-refractivity contribution in [2.24, 2.45) is 17.6 Å². The monoisotopic (exact) mass is 420 g/mol. The molecule has 2 aliphatic heterocycles. The van der Waals surface area contributed by atoms with Crippen molar-refractivity contribution < 1.29 is 24.2 Å². The highest BCUT2D eigenvalue weighted by Crippen LogP contribution is 2.45. The normalized spacial score (nSPS) is 25.6. The van der Waals surface area contributed by atoms with E-state index in [1.54, 1.807) is 29.6 Å². The number of aliphatic carboxylic acids is 1. The number of benzene rings is 1. The molecule has 7 nitrogen and oxygen atoms in total. The van der Waals surface area contributed by atoms with E-state index in [0.717, 1.165) is 5.56 Å². The molecule has 2 aliphatic rings. The molecule has 0 unspecified atom stereocenters. The fourth-order valence-electron chi connectivity index (χ4n) is 4.06. The van der Waals surface area contributed by atoms with Crippen LogP contribution < -0.4 is 11.1 Å². The molecule has 0 spiro atoms. The quantitative estimate of drug-likeness (QED) is 0.687. The molecule has 0 aliphatic carbocycles.